The van der Waals surface area contributed by atoms with Crippen LogP contribution in [0.3, 0.4) is 0 Å². The van der Waals surface area contributed by atoms with E-state index in [0.717, 1.165) is 16.7 Å². The van der Waals surface area contributed by atoms with Crippen molar-refractivity contribution in [2.24, 2.45) is 0 Å². The van der Waals surface area contributed by atoms with Gasteiger partial charge in [-0.15, -0.1) is 0 Å². The van der Waals surface area contributed by atoms with Gasteiger partial charge in [-0.1, -0.05) is 17.7 Å². The minimum Gasteiger partial charge on any atom is -0.389 e. The monoisotopic (exact) mass is 265 g/mol. The van der Waals surface area contributed by atoms with Crippen LogP contribution in [-0.2, 0) is 4.74 Å². The molecule has 0 heterocycles. The Balaban J connectivity index is 2.64. The largest absolute Gasteiger partial charge is 0.389 e. The van der Waals surface area contributed by atoms with Crippen LogP contribution >= 0.6 is 0 Å². The first-order chi connectivity index (χ1) is 8.95. The molecule has 1 rings (SSSR count). The van der Waals surface area contributed by atoms with Crippen molar-refractivity contribution in [2.75, 3.05) is 19.8 Å². The van der Waals surface area contributed by atoms with Crippen molar-refractivity contribution >= 4 is 5.91 Å². The predicted molar refractivity (Wildman–Crippen MR) is 75.5 cm³/mol. The molecule has 106 valence electrons. The van der Waals surface area contributed by atoms with E-state index >= 15 is 0 Å². The molecule has 1 unspecified atom stereocenters. The van der Waals surface area contributed by atoms with Crippen LogP contribution in [-0.4, -0.2) is 36.9 Å². The van der Waals surface area contributed by atoms with Crippen LogP contribution in [0, 0.1) is 20.8 Å². The molecule has 1 atom stereocenters. The molecule has 0 spiro atoms. The summed E-state index contributed by atoms with van der Waals surface area (Å²) in [6.45, 7) is 8.71. The minimum atomic E-state index is -0.671. The lowest BCUT2D eigenvalue weighted by atomic mass is 9.99. The number of carbonyl (C=O) groups is 1. The van der Waals surface area contributed by atoms with E-state index in [0.29, 0.717) is 12.2 Å². The summed E-state index contributed by atoms with van der Waals surface area (Å²) in [6.07, 6.45) is -0.671. The average Bonchev–Trinajstić information content (AvgIpc) is 2.32. The van der Waals surface area contributed by atoms with Gasteiger partial charge < -0.3 is 15.2 Å². The summed E-state index contributed by atoms with van der Waals surface area (Å²) in [5.41, 5.74) is 3.74. The zero-order chi connectivity index (χ0) is 14.4. The number of nitrogens with one attached hydrogen (secondary N) is 1. The van der Waals surface area contributed by atoms with E-state index in [2.05, 4.69) is 5.32 Å². The Kier molecular flexibility index (Phi) is 5.99. The fourth-order valence-corrected chi connectivity index (χ4v) is 2.15. The molecule has 0 aromatic heterocycles. The van der Waals surface area contributed by atoms with E-state index in [9.17, 15) is 9.90 Å². The minimum absolute atomic E-state index is 0.148. The summed E-state index contributed by atoms with van der Waals surface area (Å²) >= 11 is 0. The van der Waals surface area contributed by atoms with Crippen LogP contribution in [0.4, 0.5) is 0 Å². The van der Waals surface area contributed by atoms with E-state index in [1.165, 1.54) is 0 Å². The van der Waals surface area contributed by atoms with Gasteiger partial charge in [-0.2, -0.15) is 0 Å². The van der Waals surface area contributed by atoms with Gasteiger partial charge in [0.25, 0.3) is 5.91 Å². The van der Waals surface area contributed by atoms with Crippen LogP contribution in [0.25, 0.3) is 0 Å². The predicted octanol–water partition coefficient (Wildman–Crippen LogP) is 1.74. The quantitative estimate of drug-likeness (QED) is 0.823. The zero-order valence-corrected chi connectivity index (χ0v) is 12.1. The van der Waals surface area contributed by atoms with E-state index in [1.807, 2.05) is 39.8 Å². The van der Waals surface area contributed by atoms with Crippen molar-refractivity contribution in [2.45, 2.75) is 33.8 Å². The Hall–Kier alpha value is -1.39. The van der Waals surface area contributed by atoms with Crippen molar-refractivity contribution < 1.29 is 14.6 Å². The summed E-state index contributed by atoms with van der Waals surface area (Å²) < 4.78 is 5.10. The fourth-order valence-electron chi connectivity index (χ4n) is 2.15. The normalized spacial score (nSPS) is 12.3. The van der Waals surface area contributed by atoms with Crippen LogP contribution < -0.4 is 5.32 Å². The molecular weight excluding hydrogens is 242 g/mol. The van der Waals surface area contributed by atoms with E-state index in [-0.39, 0.29) is 19.1 Å². The first-order valence-corrected chi connectivity index (χ1v) is 6.57. The van der Waals surface area contributed by atoms with Gasteiger partial charge in [-0.25, -0.2) is 0 Å². The second-order valence-electron chi connectivity index (χ2n) is 4.80. The van der Waals surface area contributed by atoms with Crippen LogP contribution in [0.1, 0.15) is 34.0 Å². The topological polar surface area (TPSA) is 58.6 Å². The SMILES string of the molecule is CCOCC(O)CNC(=O)c1c(C)cc(C)cc1C. The number of benzene rings is 1. The van der Waals surface area contributed by atoms with Gasteiger partial charge in [0.2, 0.25) is 0 Å². The Bertz CT molecular complexity index is 420. The number of amides is 1. The third-order valence-electron chi connectivity index (χ3n) is 2.92. The highest BCUT2D eigenvalue weighted by Crippen LogP contribution is 2.16. The first-order valence-electron chi connectivity index (χ1n) is 6.57. The Morgan fingerprint density at radius 1 is 1.32 bits per heavy atom. The molecule has 19 heavy (non-hydrogen) atoms. The molecule has 4 heteroatoms. The second kappa shape index (κ2) is 7.26. The number of carbonyl (C=O) groups excluding carboxylic acids is 1. The molecule has 0 radical (unpaired) electrons. The second-order valence-corrected chi connectivity index (χ2v) is 4.80. The number of aliphatic hydroxyl groups excluding tert-OH is 1. The molecule has 1 aromatic rings. The molecule has 2 N–H and O–H groups in total. The number of aryl methyl sites for hydroxylation is 3. The van der Waals surface area contributed by atoms with Gasteiger partial charge >= 0.3 is 0 Å². The maximum absolute atomic E-state index is 12.1. The van der Waals surface area contributed by atoms with Crippen LogP contribution in [0.5, 0.6) is 0 Å². The zero-order valence-electron chi connectivity index (χ0n) is 12.1. The smallest absolute Gasteiger partial charge is 0.251 e. The number of hydrogen-bond acceptors (Lipinski definition) is 3. The van der Waals surface area contributed by atoms with Crippen LogP contribution in [0.15, 0.2) is 12.1 Å². The van der Waals surface area contributed by atoms with Crippen molar-refractivity contribution in [3.63, 3.8) is 0 Å². The van der Waals surface area contributed by atoms with E-state index in [4.69, 9.17) is 4.74 Å². The molecule has 0 aliphatic carbocycles. The maximum atomic E-state index is 12.1. The third kappa shape index (κ3) is 4.65. The Morgan fingerprint density at radius 2 is 1.89 bits per heavy atom. The highest BCUT2D eigenvalue weighted by Gasteiger charge is 2.14. The molecule has 0 aliphatic heterocycles. The number of hydrogen-bond donors (Lipinski definition) is 2. The summed E-state index contributed by atoms with van der Waals surface area (Å²) in [4.78, 5) is 12.1. The van der Waals surface area contributed by atoms with Crippen molar-refractivity contribution in [3.05, 3.63) is 34.4 Å². The lowest BCUT2D eigenvalue weighted by molar-refractivity contribution is 0.0418. The molecule has 0 saturated carbocycles. The van der Waals surface area contributed by atoms with Crippen molar-refractivity contribution in [1.82, 2.24) is 5.32 Å². The summed E-state index contributed by atoms with van der Waals surface area (Å²) in [7, 11) is 0. The standard InChI is InChI=1S/C15H23NO3/c1-5-19-9-13(17)8-16-15(18)14-11(3)6-10(2)7-12(14)4/h6-7,13,17H,5,8-9H2,1-4H3,(H,16,18). The van der Waals surface area contributed by atoms with E-state index in [1.54, 1.807) is 0 Å². The molecule has 0 bridgehead atoms. The molecule has 0 fully saturated rings. The molecule has 4 nitrogen and oxygen atoms in total. The van der Waals surface area contributed by atoms with Crippen LogP contribution in [0.2, 0.25) is 0 Å². The summed E-state index contributed by atoms with van der Waals surface area (Å²) in [5.74, 6) is -0.148. The van der Waals surface area contributed by atoms with Gasteiger partial charge in [-0.05, 0) is 38.8 Å². The highest BCUT2D eigenvalue weighted by molar-refractivity contribution is 5.97. The number of rotatable bonds is 6. The maximum Gasteiger partial charge on any atom is 0.251 e. The summed E-state index contributed by atoms with van der Waals surface area (Å²) in [5, 5.41) is 12.4. The van der Waals surface area contributed by atoms with Gasteiger partial charge in [-0.3, -0.25) is 4.79 Å². The lowest BCUT2D eigenvalue weighted by Gasteiger charge is -2.14. The molecule has 0 aliphatic rings. The van der Waals surface area contributed by atoms with E-state index < -0.39 is 6.10 Å². The van der Waals surface area contributed by atoms with Gasteiger partial charge in [0, 0.05) is 18.7 Å². The van der Waals surface area contributed by atoms with Gasteiger partial charge in [0.15, 0.2) is 0 Å². The Morgan fingerprint density at radius 3 is 2.42 bits per heavy atom. The lowest BCUT2D eigenvalue weighted by Crippen LogP contribution is -2.35. The van der Waals surface area contributed by atoms with Crippen molar-refractivity contribution in [1.29, 1.82) is 0 Å². The van der Waals surface area contributed by atoms with Crippen molar-refractivity contribution in [3.8, 4) is 0 Å². The van der Waals surface area contributed by atoms with Gasteiger partial charge in [0.1, 0.15) is 0 Å². The highest BCUT2D eigenvalue weighted by atomic mass is 16.5. The molecule has 0 saturated heterocycles. The third-order valence-corrected chi connectivity index (χ3v) is 2.92. The number of ether oxygens (including phenoxy) is 1. The fraction of sp³-hybridized carbons (Fsp3) is 0.533. The van der Waals surface area contributed by atoms with Gasteiger partial charge in [0.05, 0.1) is 12.7 Å². The first kappa shape index (κ1) is 15.7. The Labute approximate surface area is 114 Å². The average molecular weight is 265 g/mol. The number of aliphatic hydroxyl groups is 1. The molecule has 1 amide bonds. The molecule has 1 aromatic carbocycles. The molecular formula is C15H23NO3. The summed E-state index contributed by atoms with van der Waals surface area (Å²) in [6, 6.07) is 3.97.